The van der Waals surface area contributed by atoms with Crippen molar-refractivity contribution in [2.45, 2.75) is 32.2 Å². The highest BCUT2D eigenvalue weighted by molar-refractivity contribution is 6.05. The van der Waals surface area contributed by atoms with Gasteiger partial charge in [-0.1, -0.05) is 66.7 Å². The van der Waals surface area contributed by atoms with Crippen LogP contribution in [0.1, 0.15) is 42.0 Å². The van der Waals surface area contributed by atoms with Gasteiger partial charge in [0, 0.05) is 13.0 Å². The number of likely N-dealkylation sites (tertiary alicyclic amines) is 1. The van der Waals surface area contributed by atoms with Crippen LogP contribution >= 0.6 is 0 Å². The van der Waals surface area contributed by atoms with E-state index in [1.807, 2.05) is 73.7 Å². The molecule has 154 valence electrons. The van der Waals surface area contributed by atoms with Gasteiger partial charge >= 0.3 is 0 Å². The van der Waals surface area contributed by atoms with Crippen LogP contribution in [0.25, 0.3) is 0 Å². The standard InChI is InChI=1S/C25H26N2O3/c1-17-9-5-6-12-19(17)23(18-10-3-2-4-11-18)26-22(28)15-16-27-24(29)20-13-7-8-14-21(20)25(27)30/h2-12,20-21,23H,13-16H2,1H3,(H,26,28)/t20-,21+,23-/m1/s1. The number of carbonyl (C=O) groups excluding carboxylic acids is 3. The fourth-order valence-electron chi connectivity index (χ4n) is 4.43. The first-order chi connectivity index (χ1) is 14.6. The van der Waals surface area contributed by atoms with Gasteiger partial charge in [-0.05, 0) is 36.5 Å². The zero-order chi connectivity index (χ0) is 21.1. The van der Waals surface area contributed by atoms with Crippen LogP contribution < -0.4 is 5.32 Å². The normalized spacial score (nSPS) is 21.4. The Kier molecular flexibility index (Phi) is 5.79. The molecule has 2 aromatic carbocycles. The average Bonchev–Trinajstić information content (AvgIpc) is 3.02. The molecule has 1 heterocycles. The number of nitrogens with one attached hydrogen (secondary N) is 1. The summed E-state index contributed by atoms with van der Waals surface area (Å²) in [6, 6.07) is 17.5. The van der Waals surface area contributed by atoms with Gasteiger partial charge in [0.2, 0.25) is 17.7 Å². The Balaban J connectivity index is 1.46. The largest absolute Gasteiger partial charge is 0.345 e. The topological polar surface area (TPSA) is 66.5 Å². The molecular formula is C25H26N2O3. The zero-order valence-corrected chi connectivity index (χ0v) is 17.1. The molecule has 5 heteroatoms. The van der Waals surface area contributed by atoms with Gasteiger partial charge in [-0.15, -0.1) is 0 Å². The second kappa shape index (κ2) is 8.66. The number of benzene rings is 2. The number of imide groups is 1. The van der Waals surface area contributed by atoms with E-state index >= 15 is 0 Å². The number of allylic oxidation sites excluding steroid dienone is 2. The Labute approximate surface area is 176 Å². The number of nitrogens with zero attached hydrogens (tertiary/aromatic N) is 1. The Hall–Kier alpha value is -3.21. The first-order valence-electron chi connectivity index (χ1n) is 10.5. The van der Waals surface area contributed by atoms with Crippen LogP contribution in [0.3, 0.4) is 0 Å². The SMILES string of the molecule is Cc1ccccc1[C@H](NC(=O)CCN1C(=O)[C@H]2CC=CC[C@H]2C1=O)c1ccccc1. The van der Waals surface area contributed by atoms with Crippen molar-refractivity contribution in [3.8, 4) is 0 Å². The van der Waals surface area contributed by atoms with Crippen LogP contribution in [-0.2, 0) is 14.4 Å². The maximum atomic E-state index is 12.8. The summed E-state index contributed by atoms with van der Waals surface area (Å²) in [5.41, 5.74) is 3.11. The third-order valence-electron chi connectivity index (χ3n) is 6.10. The minimum Gasteiger partial charge on any atom is -0.345 e. The van der Waals surface area contributed by atoms with Gasteiger partial charge in [-0.25, -0.2) is 0 Å². The molecule has 1 aliphatic carbocycles. The fourth-order valence-corrected chi connectivity index (χ4v) is 4.43. The summed E-state index contributed by atoms with van der Waals surface area (Å²) in [5, 5.41) is 3.11. The molecular weight excluding hydrogens is 376 g/mol. The van der Waals surface area contributed by atoms with Gasteiger partial charge in [-0.3, -0.25) is 19.3 Å². The van der Waals surface area contributed by atoms with E-state index in [9.17, 15) is 14.4 Å². The lowest BCUT2D eigenvalue weighted by Gasteiger charge is -2.22. The summed E-state index contributed by atoms with van der Waals surface area (Å²) in [6.07, 6.45) is 5.26. The van der Waals surface area contributed by atoms with Crippen molar-refractivity contribution in [1.82, 2.24) is 10.2 Å². The zero-order valence-electron chi connectivity index (χ0n) is 17.1. The highest BCUT2D eigenvalue weighted by Gasteiger charge is 2.46. The maximum Gasteiger partial charge on any atom is 0.233 e. The van der Waals surface area contributed by atoms with Gasteiger partial charge < -0.3 is 5.32 Å². The first kappa shape index (κ1) is 20.1. The van der Waals surface area contributed by atoms with E-state index in [4.69, 9.17) is 0 Å². The van der Waals surface area contributed by atoms with E-state index in [1.54, 1.807) is 0 Å². The van der Waals surface area contributed by atoms with Crippen LogP contribution in [0.15, 0.2) is 66.7 Å². The molecule has 30 heavy (non-hydrogen) atoms. The van der Waals surface area contributed by atoms with Crippen molar-refractivity contribution in [3.63, 3.8) is 0 Å². The van der Waals surface area contributed by atoms with Gasteiger partial charge in [0.1, 0.15) is 0 Å². The lowest BCUT2D eigenvalue weighted by atomic mass is 9.85. The van der Waals surface area contributed by atoms with E-state index in [0.29, 0.717) is 12.8 Å². The van der Waals surface area contributed by atoms with Gasteiger partial charge in [0.15, 0.2) is 0 Å². The maximum absolute atomic E-state index is 12.8. The summed E-state index contributed by atoms with van der Waals surface area (Å²) < 4.78 is 0. The smallest absolute Gasteiger partial charge is 0.233 e. The number of hydrogen-bond acceptors (Lipinski definition) is 3. The predicted octanol–water partition coefficient (Wildman–Crippen LogP) is 3.54. The number of carbonyl (C=O) groups is 3. The molecule has 1 saturated heterocycles. The quantitative estimate of drug-likeness (QED) is 0.594. The molecule has 2 aliphatic rings. The Bertz CT molecular complexity index is 957. The van der Waals surface area contributed by atoms with Crippen LogP contribution in [0.4, 0.5) is 0 Å². The summed E-state index contributed by atoms with van der Waals surface area (Å²) in [7, 11) is 0. The predicted molar refractivity (Wildman–Crippen MR) is 114 cm³/mol. The molecule has 3 amide bonds. The Morgan fingerprint density at radius 3 is 2.20 bits per heavy atom. The molecule has 0 spiro atoms. The summed E-state index contributed by atoms with van der Waals surface area (Å²) in [4.78, 5) is 39.3. The average molecular weight is 402 g/mol. The van der Waals surface area contributed by atoms with Crippen molar-refractivity contribution in [1.29, 1.82) is 0 Å². The van der Waals surface area contributed by atoms with Crippen molar-refractivity contribution < 1.29 is 14.4 Å². The Morgan fingerprint density at radius 2 is 1.57 bits per heavy atom. The van der Waals surface area contributed by atoms with Gasteiger partial charge in [0.05, 0.1) is 17.9 Å². The fraction of sp³-hybridized carbons (Fsp3) is 0.320. The van der Waals surface area contributed by atoms with E-state index in [0.717, 1.165) is 16.7 Å². The number of rotatable bonds is 6. The molecule has 5 nitrogen and oxygen atoms in total. The monoisotopic (exact) mass is 402 g/mol. The molecule has 2 aromatic rings. The first-order valence-corrected chi connectivity index (χ1v) is 10.5. The summed E-state index contributed by atoms with van der Waals surface area (Å²) in [6.45, 7) is 2.15. The molecule has 3 atom stereocenters. The minimum absolute atomic E-state index is 0.0968. The second-order valence-electron chi connectivity index (χ2n) is 8.00. The molecule has 0 radical (unpaired) electrons. The third kappa shape index (κ3) is 3.92. The van der Waals surface area contributed by atoms with E-state index < -0.39 is 0 Å². The molecule has 0 aromatic heterocycles. The number of hydrogen-bond donors (Lipinski definition) is 1. The number of amides is 3. The summed E-state index contributed by atoms with van der Waals surface area (Å²) in [5.74, 6) is -0.966. The Morgan fingerprint density at radius 1 is 0.967 bits per heavy atom. The van der Waals surface area contributed by atoms with Crippen LogP contribution in [0, 0.1) is 18.8 Å². The lowest BCUT2D eigenvalue weighted by Crippen LogP contribution is -2.36. The van der Waals surface area contributed by atoms with E-state index in [1.165, 1.54) is 4.90 Å². The van der Waals surface area contributed by atoms with Crippen LogP contribution in [-0.4, -0.2) is 29.2 Å². The highest BCUT2D eigenvalue weighted by atomic mass is 16.2. The molecule has 4 rings (SSSR count). The van der Waals surface area contributed by atoms with Crippen LogP contribution in [0.5, 0.6) is 0 Å². The molecule has 0 bridgehead atoms. The second-order valence-corrected chi connectivity index (χ2v) is 8.00. The molecule has 1 N–H and O–H groups in total. The van der Waals surface area contributed by atoms with Gasteiger partial charge in [0.25, 0.3) is 0 Å². The van der Waals surface area contributed by atoms with Gasteiger partial charge in [-0.2, -0.15) is 0 Å². The highest BCUT2D eigenvalue weighted by Crippen LogP contribution is 2.35. The van der Waals surface area contributed by atoms with Crippen molar-refractivity contribution >= 4 is 17.7 Å². The van der Waals surface area contributed by atoms with Crippen molar-refractivity contribution in [3.05, 3.63) is 83.4 Å². The lowest BCUT2D eigenvalue weighted by molar-refractivity contribution is -0.140. The third-order valence-corrected chi connectivity index (χ3v) is 6.10. The molecule has 1 fully saturated rings. The van der Waals surface area contributed by atoms with E-state index in [-0.39, 0.29) is 48.6 Å². The summed E-state index contributed by atoms with van der Waals surface area (Å²) >= 11 is 0. The van der Waals surface area contributed by atoms with Crippen molar-refractivity contribution in [2.75, 3.05) is 6.54 Å². The number of aryl methyl sites for hydroxylation is 1. The molecule has 0 unspecified atom stereocenters. The molecule has 1 aliphatic heterocycles. The van der Waals surface area contributed by atoms with Crippen molar-refractivity contribution in [2.24, 2.45) is 11.8 Å². The van der Waals surface area contributed by atoms with E-state index in [2.05, 4.69) is 5.32 Å². The van der Waals surface area contributed by atoms with Crippen LogP contribution in [0.2, 0.25) is 0 Å². The minimum atomic E-state index is -0.281. The number of fused-ring (bicyclic) bond motifs is 1. The molecule has 0 saturated carbocycles.